The van der Waals surface area contributed by atoms with Crippen LogP contribution in [0, 0.1) is 0 Å². The first kappa shape index (κ1) is 18.9. The molecule has 134 valence electrons. The number of para-hydroxylation sites is 1. The molecule has 0 aliphatic carbocycles. The van der Waals surface area contributed by atoms with E-state index in [1.165, 1.54) is 0 Å². The predicted octanol–water partition coefficient (Wildman–Crippen LogP) is 2.27. The van der Waals surface area contributed by atoms with Gasteiger partial charge in [0.15, 0.2) is 11.7 Å². The lowest BCUT2D eigenvalue weighted by Crippen LogP contribution is -2.41. The molecule has 8 heteroatoms. The van der Waals surface area contributed by atoms with Crippen LogP contribution in [0.5, 0.6) is 5.75 Å². The summed E-state index contributed by atoms with van der Waals surface area (Å²) in [7, 11) is 1.67. The normalized spacial score (nSPS) is 12.5. The summed E-state index contributed by atoms with van der Waals surface area (Å²) in [5.41, 5.74) is 5.16. The molecule has 0 aliphatic heterocycles. The quantitative estimate of drug-likeness (QED) is 0.481. The Morgan fingerprint density at radius 2 is 2.08 bits per heavy atom. The molecule has 1 amide bonds. The van der Waals surface area contributed by atoms with Gasteiger partial charge in [-0.1, -0.05) is 12.1 Å². The number of hydrogen-bond donors (Lipinski definition) is 3. The molecular weight excluding hydrogens is 388 g/mol. The van der Waals surface area contributed by atoms with E-state index < -0.39 is 5.91 Å². The van der Waals surface area contributed by atoms with Crippen LogP contribution < -0.4 is 21.1 Å². The largest absolute Gasteiger partial charge is 0.488 e. The highest BCUT2D eigenvalue weighted by Gasteiger charge is 2.10. The standard InChI is InChI=1S/C17H21BrN4O3/c1-11(24-14-6-4-3-5-13(14)18)9-21-17(20-2)22-10-12-7-8-15(25-12)16(19)23/h3-8,11H,9-10H2,1-2H3,(H2,19,23)(H2,20,21,22). The number of ether oxygens (including phenoxy) is 1. The van der Waals surface area contributed by atoms with E-state index in [-0.39, 0.29) is 11.9 Å². The lowest BCUT2D eigenvalue weighted by atomic mass is 10.3. The van der Waals surface area contributed by atoms with Crippen LogP contribution in [0.2, 0.25) is 0 Å². The third-order valence-corrected chi connectivity index (χ3v) is 3.94. The van der Waals surface area contributed by atoms with Crippen molar-refractivity contribution < 1.29 is 13.9 Å². The first-order valence-electron chi connectivity index (χ1n) is 7.73. The molecule has 0 bridgehead atoms. The van der Waals surface area contributed by atoms with Gasteiger partial charge < -0.3 is 25.5 Å². The highest BCUT2D eigenvalue weighted by atomic mass is 79.9. The summed E-state index contributed by atoms with van der Waals surface area (Å²) in [6.45, 7) is 2.91. The highest BCUT2D eigenvalue weighted by molar-refractivity contribution is 9.10. The maximum Gasteiger partial charge on any atom is 0.284 e. The first-order valence-corrected chi connectivity index (χ1v) is 8.53. The van der Waals surface area contributed by atoms with Gasteiger partial charge in [0.1, 0.15) is 17.6 Å². The number of rotatable bonds is 7. The number of nitrogens with one attached hydrogen (secondary N) is 2. The molecule has 25 heavy (non-hydrogen) atoms. The van der Waals surface area contributed by atoms with Gasteiger partial charge in [0, 0.05) is 7.05 Å². The van der Waals surface area contributed by atoms with E-state index in [4.69, 9.17) is 14.9 Å². The molecule has 1 unspecified atom stereocenters. The number of carbonyl (C=O) groups is 1. The van der Waals surface area contributed by atoms with Crippen LogP contribution in [0.3, 0.4) is 0 Å². The van der Waals surface area contributed by atoms with Crippen LogP contribution in [0.25, 0.3) is 0 Å². The number of nitrogens with two attached hydrogens (primary N) is 1. The molecule has 1 aromatic carbocycles. The lowest BCUT2D eigenvalue weighted by molar-refractivity contribution is 0.0972. The van der Waals surface area contributed by atoms with Gasteiger partial charge in [0.2, 0.25) is 0 Å². The number of aliphatic imine (C=N–C) groups is 1. The van der Waals surface area contributed by atoms with Crippen molar-refractivity contribution in [2.45, 2.75) is 19.6 Å². The molecule has 2 rings (SSSR count). The minimum Gasteiger partial charge on any atom is -0.488 e. The Bertz CT molecular complexity index is 745. The Labute approximate surface area is 154 Å². The Balaban J connectivity index is 1.79. The zero-order valence-corrected chi connectivity index (χ0v) is 15.7. The van der Waals surface area contributed by atoms with Crippen LogP contribution in [-0.4, -0.2) is 31.6 Å². The number of guanidine groups is 1. The third kappa shape index (κ3) is 5.82. The molecule has 0 radical (unpaired) electrons. The van der Waals surface area contributed by atoms with Crippen molar-refractivity contribution in [2.75, 3.05) is 13.6 Å². The Morgan fingerprint density at radius 3 is 2.72 bits per heavy atom. The van der Waals surface area contributed by atoms with Crippen molar-refractivity contribution >= 4 is 27.8 Å². The van der Waals surface area contributed by atoms with Gasteiger partial charge in [-0.3, -0.25) is 9.79 Å². The SMILES string of the molecule is CN=C(NCc1ccc(C(N)=O)o1)NCC(C)Oc1ccccc1Br. The number of primary amides is 1. The van der Waals surface area contributed by atoms with Crippen molar-refractivity contribution in [1.29, 1.82) is 0 Å². The fraction of sp³-hybridized carbons (Fsp3) is 0.294. The summed E-state index contributed by atoms with van der Waals surface area (Å²) in [5, 5.41) is 6.27. The fourth-order valence-electron chi connectivity index (χ4n) is 2.04. The van der Waals surface area contributed by atoms with E-state index >= 15 is 0 Å². The van der Waals surface area contributed by atoms with Crippen molar-refractivity contribution in [3.8, 4) is 5.75 Å². The van der Waals surface area contributed by atoms with Gasteiger partial charge in [0.05, 0.1) is 17.6 Å². The van der Waals surface area contributed by atoms with E-state index in [0.717, 1.165) is 10.2 Å². The van der Waals surface area contributed by atoms with Crippen molar-refractivity contribution in [2.24, 2.45) is 10.7 Å². The summed E-state index contributed by atoms with van der Waals surface area (Å²) in [5.74, 6) is 1.52. The van der Waals surface area contributed by atoms with Crippen LogP contribution >= 0.6 is 15.9 Å². The molecule has 1 atom stereocenters. The molecule has 2 aromatic rings. The van der Waals surface area contributed by atoms with Gasteiger partial charge in [0.25, 0.3) is 5.91 Å². The summed E-state index contributed by atoms with van der Waals surface area (Å²) in [4.78, 5) is 15.2. The number of benzene rings is 1. The second-order valence-electron chi connectivity index (χ2n) is 5.30. The Morgan fingerprint density at radius 1 is 1.32 bits per heavy atom. The van der Waals surface area contributed by atoms with Gasteiger partial charge in [-0.05, 0) is 47.1 Å². The minimum absolute atomic E-state index is 0.0673. The predicted molar refractivity (Wildman–Crippen MR) is 99.7 cm³/mol. The second kappa shape index (κ2) is 9.12. The summed E-state index contributed by atoms with van der Waals surface area (Å²) < 4.78 is 12.1. The number of furan rings is 1. The molecule has 1 aromatic heterocycles. The smallest absolute Gasteiger partial charge is 0.284 e. The average Bonchev–Trinajstić information content (AvgIpc) is 3.06. The van der Waals surface area contributed by atoms with Gasteiger partial charge in [-0.25, -0.2) is 0 Å². The number of nitrogens with zero attached hydrogens (tertiary/aromatic N) is 1. The van der Waals surface area contributed by atoms with Crippen LogP contribution in [0.15, 0.2) is 50.3 Å². The molecule has 7 nitrogen and oxygen atoms in total. The lowest BCUT2D eigenvalue weighted by Gasteiger charge is -2.18. The number of hydrogen-bond acceptors (Lipinski definition) is 4. The number of carbonyl (C=O) groups excluding carboxylic acids is 1. The maximum absolute atomic E-state index is 11.0. The van der Waals surface area contributed by atoms with Crippen LogP contribution in [0.1, 0.15) is 23.2 Å². The molecule has 0 aliphatic rings. The molecule has 0 fully saturated rings. The Hall–Kier alpha value is -2.48. The first-order chi connectivity index (χ1) is 12.0. The van der Waals surface area contributed by atoms with Crippen molar-refractivity contribution in [3.05, 3.63) is 52.4 Å². The number of halogens is 1. The van der Waals surface area contributed by atoms with Crippen molar-refractivity contribution in [1.82, 2.24) is 10.6 Å². The monoisotopic (exact) mass is 408 g/mol. The van der Waals surface area contributed by atoms with E-state index in [1.54, 1.807) is 19.2 Å². The summed E-state index contributed by atoms with van der Waals surface area (Å²) >= 11 is 3.46. The second-order valence-corrected chi connectivity index (χ2v) is 6.15. The molecule has 4 N–H and O–H groups in total. The molecular formula is C17H21BrN4O3. The summed E-state index contributed by atoms with van der Waals surface area (Å²) in [6, 6.07) is 10.9. The maximum atomic E-state index is 11.0. The topological polar surface area (TPSA) is 102 Å². The minimum atomic E-state index is -0.591. The third-order valence-electron chi connectivity index (χ3n) is 3.28. The van der Waals surface area contributed by atoms with E-state index in [9.17, 15) is 4.79 Å². The van der Waals surface area contributed by atoms with Crippen LogP contribution in [-0.2, 0) is 6.54 Å². The molecule has 0 saturated carbocycles. The molecule has 1 heterocycles. The molecule has 0 spiro atoms. The zero-order chi connectivity index (χ0) is 18.2. The van der Waals surface area contributed by atoms with Crippen molar-refractivity contribution in [3.63, 3.8) is 0 Å². The van der Waals surface area contributed by atoms with E-state index in [1.807, 2.05) is 31.2 Å². The molecule has 0 saturated heterocycles. The van der Waals surface area contributed by atoms with Gasteiger partial charge in [-0.2, -0.15) is 0 Å². The highest BCUT2D eigenvalue weighted by Crippen LogP contribution is 2.24. The Kier molecular flexibility index (Phi) is 6.88. The fourth-order valence-corrected chi connectivity index (χ4v) is 2.41. The summed E-state index contributed by atoms with van der Waals surface area (Å²) in [6.07, 6.45) is -0.0673. The number of amides is 1. The van der Waals surface area contributed by atoms with E-state index in [0.29, 0.717) is 24.8 Å². The van der Waals surface area contributed by atoms with Gasteiger partial charge >= 0.3 is 0 Å². The van der Waals surface area contributed by atoms with E-state index in [2.05, 4.69) is 31.6 Å². The zero-order valence-electron chi connectivity index (χ0n) is 14.1. The van der Waals surface area contributed by atoms with Gasteiger partial charge in [-0.15, -0.1) is 0 Å². The van der Waals surface area contributed by atoms with Crippen LogP contribution in [0.4, 0.5) is 0 Å². The average molecular weight is 409 g/mol.